The van der Waals surface area contributed by atoms with E-state index in [4.69, 9.17) is 11.6 Å². The lowest BCUT2D eigenvalue weighted by Crippen LogP contribution is -2.33. The van der Waals surface area contributed by atoms with Crippen molar-refractivity contribution in [1.82, 2.24) is 9.88 Å². The molecule has 3 nitrogen and oxygen atoms in total. The Hall–Kier alpha value is -1.31. The molecule has 2 aromatic heterocycles. The van der Waals surface area contributed by atoms with Crippen molar-refractivity contribution in [3.8, 4) is 0 Å². The van der Waals surface area contributed by atoms with Gasteiger partial charge in [0.05, 0.1) is 10.6 Å². The van der Waals surface area contributed by atoms with Crippen molar-refractivity contribution in [3.05, 3.63) is 44.7 Å². The number of thiophene rings is 1. The van der Waals surface area contributed by atoms with Crippen LogP contribution in [0.15, 0.2) is 23.7 Å². The number of hydrogen-bond acceptors (Lipinski definition) is 4. The van der Waals surface area contributed by atoms with Crippen LogP contribution in [0.25, 0.3) is 0 Å². The van der Waals surface area contributed by atoms with Gasteiger partial charge in [-0.25, -0.2) is 4.98 Å². The molecule has 0 saturated heterocycles. The van der Waals surface area contributed by atoms with E-state index in [0.29, 0.717) is 6.54 Å². The predicted molar refractivity (Wildman–Crippen MR) is 86.0 cm³/mol. The lowest BCUT2D eigenvalue weighted by Gasteiger charge is -2.26. The van der Waals surface area contributed by atoms with E-state index < -0.39 is 11.7 Å². The molecule has 1 N–H and O–H groups in total. The fraction of sp³-hybridized carbons (Fsp3) is 0.400. The van der Waals surface area contributed by atoms with E-state index in [1.165, 1.54) is 10.4 Å². The molecular weight excluding hydrogens is 347 g/mol. The Morgan fingerprint density at radius 2 is 2.22 bits per heavy atom. The molecule has 0 bridgehead atoms. The Labute approximate surface area is 141 Å². The maximum Gasteiger partial charge on any atom is 0.417 e. The van der Waals surface area contributed by atoms with Crippen LogP contribution in [0, 0.1) is 0 Å². The van der Waals surface area contributed by atoms with Crippen LogP contribution in [0.2, 0.25) is 5.02 Å². The van der Waals surface area contributed by atoms with Gasteiger partial charge in [0.15, 0.2) is 0 Å². The normalized spacial score (nSPS) is 15.5. The third-order valence-electron chi connectivity index (χ3n) is 3.78. The first-order chi connectivity index (χ1) is 10.9. The van der Waals surface area contributed by atoms with Crippen LogP contribution < -0.4 is 5.32 Å². The van der Waals surface area contributed by atoms with Crippen molar-refractivity contribution in [2.75, 3.05) is 25.0 Å². The molecule has 0 fully saturated rings. The lowest BCUT2D eigenvalue weighted by molar-refractivity contribution is -0.137. The zero-order valence-electron chi connectivity index (χ0n) is 12.2. The van der Waals surface area contributed by atoms with Gasteiger partial charge >= 0.3 is 6.18 Å². The Morgan fingerprint density at radius 3 is 2.96 bits per heavy atom. The Kier molecular flexibility index (Phi) is 4.79. The molecular formula is C15H15ClF3N3S. The van der Waals surface area contributed by atoms with E-state index in [-0.39, 0.29) is 10.8 Å². The highest BCUT2D eigenvalue weighted by Crippen LogP contribution is 2.32. The maximum absolute atomic E-state index is 12.6. The minimum atomic E-state index is -4.43. The quantitative estimate of drug-likeness (QED) is 0.880. The van der Waals surface area contributed by atoms with Gasteiger partial charge in [0.1, 0.15) is 5.82 Å². The van der Waals surface area contributed by atoms with Gasteiger partial charge in [-0.05, 0) is 29.5 Å². The van der Waals surface area contributed by atoms with Crippen molar-refractivity contribution in [1.29, 1.82) is 0 Å². The number of halogens is 4. The van der Waals surface area contributed by atoms with E-state index in [9.17, 15) is 13.2 Å². The minimum Gasteiger partial charge on any atom is -0.368 e. The highest BCUT2D eigenvalue weighted by molar-refractivity contribution is 7.10. The monoisotopic (exact) mass is 361 g/mol. The second-order valence-corrected chi connectivity index (χ2v) is 6.78. The molecule has 124 valence electrons. The number of pyridine rings is 1. The summed E-state index contributed by atoms with van der Waals surface area (Å²) in [5.41, 5.74) is 0.529. The van der Waals surface area contributed by atoms with E-state index in [1.807, 2.05) is 0 Å². The van der Waals surface area contributed by atoms with Crippen molar-refractivity contribution >= 4 is 28.8 Å². The first kappa shape index (κ1) is 16.5. The van der Waals surface area contributed by atoms with Crippen LogP contribution in [0.4, 0.5) is 19.0 Å². The summed E-state index contributed by atoms with van der Waals surface area (Å²) in [7, 11) is 0. The molecule has 0 saturated carbocycles. The van der Waals surface area contributed by atoms with Gasteiger partial charge in [0.25, 0.3) is 0 Å². The van der Waals surface area contributed by atoms with Crippen molar-refractivity contribution < 1.29 is 13.2 Å². The molecule has 0 aliphatic carbocycles. The van der Waals surface area contributed by atoms with Crippen LogP contribution >= 0.6 is 22.9 Å². The summed E-state index contributed by atoms with van der Waals surface area (Å²) in [6, 6.07) is 3.04. The van der Waals surface area contributed by atoms with Gasteiger partial charge < -0.3 is 5.32 Å². The standard InChI is InChI=1S/C15H15ClF3N3S/c16-12-7-11(15(17,18)19)8-21-14(12)20-3-5-22-4-1-13-10(9-22)2-6-23-13/h2,6-8H,1,3-5,9H2,(H,20,21). The molecule has 0 aromatic carbocycles. The lowest BCUT2D eigenvalue weighted by atomic mass is 10.1. The molecule has 3 heterocycles. The molecule has 8 heteroatoms. The molecule has 0 radical (unpaired) electrons. The van der Waals surface area contributed by atoms with Gasteiger partial charge in [-0.1, -0.05) is 11.6 Å². The summed E-state index contributed by atoms with van der Waals surface area (Å²) in [6.45, 7) is 3.27. The first-order valence-electron chi connectivity index (χ1n) is 7.17. The van der Waals surface area contributed by atoms with Crippen LogP contribution in [-0.2, 0) is 19.1 Å². The number of nitrogens with one attached hydrogen (secondary N) is 1. The molecule has 2 aromatic rings. The summed E-state index contributed by atoms with van der Waals surface area (Å²) >= 11 is 7.66. The Balaban J connectivity index is 1.53. The molecule has 0 spiro atoms. The summed E-state index contributed by atoms with van der Waals surface area (Å²) in [6.07, 6.45) is -2.58. The predicted octanol–water partition coefficient (Wildman–Crippen LogP) is 4.29. The number of fused-ring (bicyclic) bond motifs is 1. The average Bonchev–Trinajstić information content (AvgIpc) is 2.95. The first-order valence-corrected chi connectivity index (χ1v) is 8.43. The van der Waals surface area contributed by atoms with Gasteiger partial charge in [0, 0.05) is 37.3 Å². The molecule has 23 heavy (non-hydrogen) atoms. The zero-order valence-corrected chi connectivity index (χ0v) is 13.7. The summed E-state index contributed by atoms with van der Waals surface area (Å²) in [4.78, 5) is 7.53. The number of rotatable bonds is 4. The maximum atomic E-state index is 12.6. The van der Waals surface area contributed by atoms with Crippen molar-refractivity contribution in [2.24, 2.45) is 0 Å². The van der Waals surface area contributed by atoms with E-state index >= 15 is 0 Å². The number of nitrogens with zero attached hydrogens (tertiary/aromatic N) is 2. The van der Waals surface area contributed by atoms with Gasteiger partial charge in [-0.3, -0.25) is 4.90 Å². The average molecular weight is 362 g/mol. The van der Waals surface area contributed by atoms with Gasteiger partial charge in [0.2, 0.25) is 0 Å². The van der Waals surface area contributed by atoms with E-state index in [2.05, 4.69) is 26.6 Å². The minimum absolute atomic E-state index is 0.0152. The number of alkyl halides is 3. The third-order valence-corrected chi connectivity index (χ3v) is 5.09. The fourth-order valence-corrected chi connectivity index (χ4v) is 3.68. The second kappa shape index (κ2) is 6.67. The Morgan fingerprint density at radius 1 is 1.39 bits per heavy atom. The SMILES string of the molecule is FC(F)(F)c1cnc(NCCN2CCc3sccc3C2)c(Cl)c1. The molecule has 3 rings (SSSR count). The second-order valence-electron chi connectivity index (χ2n) is 5.37. The highest BCUT2D eigenvalue weighted by Gasteiger charge is 2.31. The van der Waals surface area contributed by atoms with E-state index in [1.54, 1.807) is 11.3 Å². The van der Waals surface area contributed by atoms with Crippen LogP contribution in [0.1, 0.15) is 16.0 Å². The molecule has 1 aliphatic rings. The zero-order chi connectivity index (χ0) is 16.4. The number of anilines is 1. The van der Waals surface area contributed by atoms with Crippen LogP contribution in [0.3, 0.4) is 0 Å². The third kappa shape index (κ3) is 3.97. The number of hydrogen-bond donors (Lipinski definition) is 1. The molecule has 0 atom stereocenters. The number of aromatic nitrogens is 1. The summed E-state index contributed by atoms with van der Waals surface area (Å²) in [5.74, 6) is 0.285. The summed E-state index contributed by atoms with van der Waals surface area (Å²) < 4.78 is 37.7. The van der Waals surface area contributed by atoms with Crippen molar-refractivity contribution in [2.45, 2.75) is 19.1 Å². The topological polar surface area (TPSA) is 28.2 Å². The van der Waals surface area contributed by atoms with Gasteiger partial charge in [-0.2, -0.15) is 13.2 Å². The van der Waals surface area contributed by atoms with Crippen molar-refractivity contribution in [3.63, 3.8) is 0 Å². The smallest absolute Gasteiger partial charge is 0.368 e. The molecule has 1 aliphatic heterocycles. The Bertz CT molecular complexity index is 687. The summed E-state index contributed by atoms with van der Waals surface area (Å²) in [5, 5.41) is 5.10. The molecule has 0 amide bonds. The van der Waals surface area contributed by atoms with Crippen LogP contribution in [-0.4, -0.2) is 29.5 Å². The van der Waals surface area contributed by atoms with E-state index in [0.717, 1.165) is 38.3 Å². The molecule has 0 unspecified atom stereocenters. The van der Waals surface area contributed by atoms with Gasteiger partial charge in [-0.15, -0.1) is 11.3 Å². The van der Waals surface area contributed by atoms with Crippen LogP contribution in [0.5, 0.6) is 0 Å². The fourth-order valence-electron chi connectivity index (χ4n) is 2.55. The largest absolute Gasteiger partial charge is 0.417 e. The highest BCUT2D eigenvalue weighted by atomic mass is 35.5.